The Bertz CT molecular complexity index is 477. The number of ether oxygens (including phenoxy) is 1. The molecule has 0 saturated heterocycles. The maximum absolute atomic E-state index is 13.2. The third-order valence-electron chi connectivity index (χ3n) is 1.39. The van der Waals surface area contributed by atoms with Crippen molar-refractivity contribution in [2.24, 2.45) is 0 Å². The van der Waals surface area contributed by atoms with Gasteiger partial charge < -0.3 is 4.74 Å². The van der Waals surface area contributed by atoms with Crippen LogP contribution in [-0.2, 0) is 10.0 Å². The van der Waals surface area contributed by atoms with Crippen LogP contribution in [0.4, 0.5) is 10.1 Å². The molecule has 0 aliphatic carbocycles. The summed E-state index contributed by atoms with van der Waals surface area (Å²) in [6.07, 6.45) is 0.921. The van der Waals surface area contributed by atoms with Gasteiger partial charge in [0.05, 0.1) is 17.8 Å². The van der Waals surface area contributed by atoms with Gasteiger partial charge in [-0.1, -0.05) is 0 Å². The molecular weight excluding hydrogens is 291 g/mol. The second kappa shape index (κ2) is 4.31. The molecule has 0 fully saturated rings. The Labute approximate surface area is 94.8 Å². The maximum atomic E-state index is 13.2. The number of hydrogen-bond donors (Lipinski definition) is 1. The Kier molecular flexibility index (Phi) is 3.50. The Balaban J connectivity index is 3.17. The van der Waals surface area contributed by atoms with Crippen molar-refractivity contribution in [2.75, 3.05) is 18.1 Å². The average molecular weight is 299 g/mol. The first kappa shape index (κ1) is 12.2. The van der Waals surface area contributed by atoms with Gasteiger partial charge in [0.25, 0.3) is 0 Å². The number of nitrogens with one attached hydrogen (secondary N) is 1. The average Bonchev–Trinajstić information content (AvgIpc) is 2.08. The first-order chi connectivity index (χ1) is 6.83. The summed E-state index contributed by atoms with van der Waals surface area (Å²) in [5.74, 6) is -0.896. The van der Waals surface area contributed by atoms with Gasteiger partial charge in [0.1, 0.15) is 5.69 Å². The molecule has 1 N–H and O–H groups in total. The van der Waals surface area contributed by atoms with Crippen LogP contribution >= 0.6 is 15.9 Å². The van der Waals surface area contributed by atoms with Gasteiger partial charge in [-0.15, -0.1) is 0 Å². The summed E-state index contributed by atoms with van der Waals surface area (Å²) >= 11 is 3.06. The first-order valence-corrected chi connectivity index (χ1v) is 6.40. The lowest BCUT2D eigenvalue weighted by Crippen LogP contribution is -2.11. The van der Waals surface area contributed by atoms with Crippen LogP contribution in [0.1, 0.15) is 0 Å². The van der Waals surface area contributed by atoms with E-state index in [1.165, 1.54) is 13.2 Å². The molecule has 0 saturated carbocycles. The largest absolute Gasteiger partial charge is 0.480 e. The molecular formula is C7H8BrFN2O3S. The van der Waals surface area contributed by atoms with E-state index in [4.69, 9.17) is 4.74 Å². The van der Waals surface area contributed by atoms with Gasteiger partial charge in [-0.25, -0.2) is 8.42 Å². The van der Waals surface area contributed by atoms with Crippen molar-refractivity contribution in [1.29, 1.82) is 0 Å². The van der Waals surface area contributed by atoms with E-state index in [1.54, 1.807) is 0 Å². The monoisotopic (exact) mass is 298 g/mol. The molecule has 1 rings (SSSR count). The minimum absolute atomic E-state index is 0.0477. The molecule has 0 atom stereocenters. The summed E-state index contributed by atoms with van der Waals surface area (Å²) in [5.41, 5.74) is -0.231. The Morgan fingerprint density at radius 1 is 1.60 bits per heavy atom. The van der Waals surface area contributed by atoms with E-state index < -0.39 is 16.0 Å². The lowest BCUT2D eigenvalue weighted by atomic mass is 10.4. The number of aromatic nitrogens is 1. The van der Waals surface area contributed by atoms with Crippen LogP contribution in [0.25, 0.3) is 0 Å². The van der Waals surface area contributed by atoms with Gasteiger partial charge in [0, 0.05) is 0 Å². The van der Waals surface area contributed by atoms with E-state index >= 15 is 0 Å². The highest BCUT2D eigenvalue weighted by Gasteiger charge is 2.13. The first-order valence-electron chi connectivity index (χ1n) is 3.71. The standard InChI is InChI=1S/C7H8BrFN2O3S/c1-14-7-4(8)3-5(6(9)10-7)11-15(2,12)13/h3,11H,1-2H3. The minimum atomic E-state index is -3.53. The molecule has 0 aromatic carbocycles. The molecule has 0 aliphatic rings. The van der Waals surface area contributed by atoms with Gasteiger partial charge in [0.2, 0.25) is 21.9 Å². The van der Waals surface area contributed by atoms with Gasteiger partial charge in [-0.05, 0) is 22.0 Å². The molecule has 0 radical (unpaired) electrons. The minimum Gasteiger partial charge on any atom is -0.480 e. The summed E-state index contributed by atoms with van der Waals surface area (Å²) < 4.78 is 42.0. The molecule has 15 heavy (non-hydrogen) atoms. The van der Waals surface area contributed by atoms with Crippen LogP contribution in [-0.4, -0.2) is 26.8 Å². The zero-order chi connectivity index (χ0) is 11.6. The summed E-state index contributed by atoms with van der Waals surface area (Å²) in [6.45, 7) is 0. The van der Waals surface area contributed by atoms with Crippen LogP contribution in [0.2, 0.25) is 0 Å². The van der Waals surface area contributed by atoms with Crippen molar-refractivity contribution in [1.82, 2.24) is 4.98 Å². The fourth-order valence-corrected chi connectivity index (χ4v) is 1.89. The van der Waals surface area contributed by atoms with Crippen molar-refractivity contribution in [3.8, 4) is 5.88 Å². The predicted molar refractivity (Wildman–Crippen MR) is 56.9 cm³/mol. The zero-order valence-corrected chi connectivity index (χ0v) is 10.3. The zero-order valence-electron chi connectivity index (χ0n) is 7.91. The fraction of sp³-hybridized carbons (Fsp3) is 0.286. The van der Waals surface area contributed by atoms with Crippen LogP contribution in [0.3, 0.4) is 0 Å². The van der Waals surface area contributed by atoms with E-state index in [1.807, 2.05) is 4.72 Å². The number of nitrogens with zero attached hydrogens (tertiary/aromatic N) is 1. The van der Waals surface area contributed by atoms with Crippen molar-refractivity contribution in [2.45, 2.75) is 0 Å². The second-order valence-corrected chi connectivity index (χ2v) is 5.29. The molecule has 0 bridgehead atoms. The van der Waals surface area contributed by atoms with E-state index in [0.29, 0.717) is 4.47 Å². The third-order valence-corrected chi connectivity index (χ3v) is 2.54. The third kappa shape index (κ3) is 3.31. The number of anilines is 1. The van der Waals surface area contributed by atoms with Gasteiger partial charge >= 0.3 is 0 Å². The van der Waals surface area contributed by atoms with Crippen molar-refractivity contribution in [3.05, 3.63) is 16.5 Å². The SMILES string of the molecule is COc1nc(F)c(NS(C)(=O)=O)cc1Br. The molecule has 0 spiro atoms. The molecule has 0 unspecified atom stereocenters. The summed E-state index contributed by atoms with van der Waals surface area (Å²) in [6, 6.07) is 1.24. The van der Waals surface area contributed by atoms with Crippen molar-refractivity contribution in [3.63, 3.8) is 0 Å². The van der Waals surface area contributed by atoms with Crippen LogP contribution < -0.4 is 9.46 Å². The topological polar surface area (TPSA) is 68.3 Å². The molecule has 1 aromatic heterocycles. The van der Waals surface area contributed by atoms with Gasteiger partial charge in [-0.2, -0.15) is 9.37 Å². The molecule has 8 heteroatoms. The molecule has 5 nitrogen and oxygen atoms in total. The summed E-state index contributed by atoms with van der Waals surface area (Å²) in [5, 5.41) is 0. The summed E-state index contributed by atoms with van der Waals surface area (Å²) in [4.78, 5) is 3.41. The van der Waals surface area contributed by atoms with Crippen molar-refractivity contribution >= 4 is 31.6 Å². The van der Waals surface area contributed by atoms with Gasteiger partial charge in [-0.3, -0.25) is 4.72 Å². The number of rotatable bonds is 3. The quantitative estimate of drug-likeness (QED) is 0.856. The molecule has 0 aliphatic heterocycles. The fourth-order valence-electron chi connectivity index (χ4n) is 0.865. The molecule has 0 amide bonds. The highest BCUT2D eigenvalue weighted by Crippen LogP contribution is 2.27. The number of sulfonamides is 1. The van der Waals surface area contributed by atoms with E-state index in [0.717, 1.165) is 6.26 Å². The number of halogens is 2. The number of pyridine rings is 1. The van der Waals surface area contributed by atoms with E-state index in [9.17, 15) is 12.8 Å². The van der Waals surface area contributed by atoms with Crippen molar-refractivity contribution < 1.29 is 17.5 Å². The molecule has 1 aromatic rings. The lowest BCUT2D eigenvalue weighted by Gasteiger charge is -2.07. The highest BCUT2D eigenvalue weighted by molar-refractivity contribution is 9.10. The highest BCUT2D eigenvalue weighted by atomic mass is 79.9. The smallest absolute Gasteiger partial charge is 0.240 e. The second-order valence-electron chi connectivity index (χ2n) is 2.69. The van der Waals surface area contributed by atoms with Crippen LogP contribution in [0.5, 0.6) is 5.88 Å². The Morgan fingerprint density at radius 3 is 2.67 bits per heavy atom. The normalized spacial score (nSPS) is 11.2. The Hall–Kier alpha value is -0.890. The Morgan fingerprint density at radius 2 is 2.20 bits per heavy atom. The lowest BCUT2D eigenvalue weighted by molar-refractivity contribution is 0.385. The number of hydrogen-bond acceptors (Lipinski definition) is 4. The van der Waals surface area contributed by atoms with E-state index in [2.05, 4.69) is 20.9 Å². The maximum Gasteiger partial charge on any atom is 0.240 e. The van der Waals surface area contributed by atoms with Gasteiger partial charge in [0.15, 0.2) is 0 Å². The predicted octanol–water partition coefficient (Wildman–Crippen LogP) is 1.36. The van der Waals surface area contributed by atoms with Crippen LogP contribution in [0.15, 0.2) is 10.5 Å². The molecule has 1 heterocycles. The van der Waals surface area contributed by atoms with E-state index in [-0.39, 0.29) is 11.6 Å². The van der Waals surface area contributed by atoms with Crippen LogP contribution in [0, 0.1) is 5.95 Å². The summed E-state index contributed by atoms with van der Waals surface area (Å²) in [7, 11) is -2.20. The molecule has 84 valence electrons. The number of methoxy groups -OCH3 is 1.